The van der Waals surface area contributed by atoms with Crippen molar-refractivity contribution in [2.24, 2.45) is 0 Å². The predicted molar refractivity (Wildman–Crippen MR) is 37.3 cm³/mol. The number of rotatable bonds is 3. The summed E-state index contributed by atoms with van der Waals surface area (Å²) in [6, 6.07) is 0. The van der Waals surface area contributed by atoms with Crippen LogP contribution in [0.3, 0.4) is 0 Å². The first-order chi connectivity index (χ1) is 9.31. The van der Waals surface area contributed by atoms with Crippen LogP contribution in [0, 0.1) is 0 Å². The van der Waals surface area contributed by atoms with Crippen LogP contribution in [0.5, 0.6) is 0 Å². The topological polar surface area (TPSA) is 9.23 Å². The molecule has 0 aromatic rings. The fourth-order valence-corrected chi connectivity index (χ4v) is 1.00. The van der Waals surface area contributed by atoms with Gasteiger partial charge in [-0.2, -0.15) is 61.5 Å². The Kier molecular flexibility index (Phi) is 5.10. The van der Waals surface area contributed by atoms with E-state index in [-0.39, 0.29) is 0 Å². The Bertz CT molecular complexity index is 396. The maximum atomic E-state index is 12.5. The van der Waals surface area contributed by atoms with E-state index in [0.29, 0.717) is 0 Å². The highest BCUT2D eigenvalue weighted by molar-refractivity contribution is 5.07. The molecule has 0 fully saturated rings. The summed E-state index contributed by atoms with van der Waals surface area (Å²) < 4.78 is 171. The van der Waals surface area contributed by atoms with Gasteiger partial charge in [-0.15, -0.1) is 0 Å². The summed E-state index contributed by atoms with van der Waals surface area (Å²) in [7, 11) is 0. The molecule has 0 rings (SSSR count). The molecule has 15 heteroatoms. The molecule has 132 valence electrons. The molecule has 0 amide bonds. The highest BCUT2D eigenvalue weighted by Gasteiger charge is 2.87. The summed E-state index contributed by atoms with van der Waals surface area (Å²) in [6.45, 7) is 0. The fourth-order valence-electron chi connectivity index (χ4n) is 1.00. The third-order valence-corrected chi connectivity index (χ3v) is 1.90. The Morgan fingerprint density at radius 1 is 0.545 bits per heavy atom. The summed E-state index contributed by atoms with van der Waals surface area (Å²) in [4.78, 5) is 0. The minimum Gasteiger partial charge on any atom is -0.281 e. The number of halogens is 14. The highest BCUT2D eigenvalue weighted by atomic mass is 19.4. The van der Waals surface area contributed by atoms with Crippen molar-refractivity contribution in [3.63, 3.8) is 0 Å². The van der Waals surface area contributed by atoms with Gasteiger partial charge < -0.3 is 0 Å². The minimum atomic E-state index is -7.63. The second kappa shape index (κ2) is 5.42. The Labute approximate surface area is 110 Å². The van der Waals surface area contributed by atoms with E-state index in [2.05, 4.69) is 0 Å². The lowest BCUT2D eigenvalue weighted by Gasteiger charge is -2.39. The molecule has 0 atom stereocenters. The van der Waals surface area contributed by atoms with Crippen molar-refractivity contribution in [3.8, 4) is 0 Å². The molecule has 0 aromatic heterocycles. The van der Waals surface area contributed by atoms with Crippen LogP contribution < -0.4 is 0 Å². The van der Waals surface area contributed by atoms with Crippen LogP contribution >= 0.6 is 0 Å². The number of alkyl halides is 11. The largest absolute Gasteiger partial charge is 0.436 e. The van der Waals surface area contributed by atoms with Gasteiger partial charge in [0.15, 0.2) is 0 Å². The number of ether oxygens (including phenoxy) is 1. The quantitative estimate of drug-likeness (QED) is 0.632. The van der Waals surface area contributed by atoms with Gasteiger partial charge in [0.2, 0.25) is 0 Å². The zero-order chi connectivity index (χ0) is 18.4. The fraction of sp³-hybridized carbons (Fsp3) is 0.714. The summed E-state index contributed by atoms with van der Waals surface area (Å²) in [5, 5.41) is 0. The van der Waals surface area contributed by atoms with E-state index >= 15 is 0 Å². The molecule has 0 saturated heterocycles. The highest BCUT2D eigenvalue weighted by Crippen LogP contribution is 2.57. The third kappa shape index (κ3) is 3.38. The van der Waals surface area contributed by atoms with Crippen LogP contribution in [0.25, 0.3) is 0 Å². The lowest BCUT2D eigenvalue weighted by Crippen LogP contribution is -2.69. The van der Waals surface area contributed by atoms with E-state index in [1.54, 1.807) is 0 Å². The predicted octanol–water partition coefficient (Wildman–Crippen LogP) is 5.10. The van der Waals surface area contributed by atoms with Gasteiger partial charge in [-0.25, -0.2) is 0 Å². The summed E-state index contributed by atoms with van der Waals surface area (Å²) in [5.41, 5.74) is -7.59. The van der Waals surface area contributed by atoms with Gasteiger partial charge in [-0.05, 0) is 0 Å². The molecule has 0 saturated carbocycles. The van der Waals surface area contributed by atoms with Crippen molar-refractivity contribution in [2.45, 2.75) is 30.2 Å². The molecule has 0 aliphatic rings. The van der Waals surface area contributed by atoms with Crippen molar-refractivity contribution in [2.75, 3.05) is 0 Å². The van der Waals surface area contributed by atoms with Crippen molar-refractivity contribution in [1.82, 2.24) is 0 Å². The van der Waals surface area contributed by atoms with E-state index in [0.717, 1.165) is 0 Å². The molecule has 0 heterocycles. The second-order valence-corrected chi connectivity index (χ2v) is 3.37. The van der Waals surface area contributed by atoms with Gasteiger partial charge in [-0.1, -0.05) is 0 Å². The molecule has 0 spiro atoms. The van der Waals surface area contributed by atoms with E-state index < -0.39 is 42.1 Å². The smallest absolute Gasteiger partial charge is 0.281 e. The van der Waals surface area contributed by atoms with Crippen LogP contribution in [0.2, 0.25) is 0 Å². The van der Waals surface area contributed by atoms with E-state index in [1.807, 2.05) is 0 Å². The van der Waals surface area contributed by atoms with Crippen molar-refractivity contribution in [1.29, 1.82) is 0 Å². The molecule has 1 nitrogen and oxygen atoms in total. The van der Waals surface area contributed by atoms with Gasteiger partial charge in [0.1, 0.15) is 0 Å². The van der Waals surface area contributed by atoms with Crippen molar-refractivity contribution < 1.29 is 66.2 Å². The summed E-state index contributed by atoms with van der Waals surface area (Å²) in [5.74, 6) is -4.34. The van der Waals surface area contributed by atoms with Gasteiger partial charge in [0.25, 0.3) is 5.83 Å². The summed E-state index contributed by atoms with van der Waals surface area (Å²) in [6.07, 6.45) is -33.9. The van der Waals surface area contributed by atoms with Crippen LogP contribution in [0.15, 0.2) is 11.9 Å². The normalized spacial score (nSPS) is 15.0. The molecule has 0 radical (unpaired) electrons. The second-order valence-electron chi connectivity index (χ2n) is 3.37. The Morgan fingerprint density at radius 2 is 0.818 bits per heavy atom. The Hall–Kier alpha value is -1.28. The molecule has 0 unspecified atom stereocenters. The molecule has 22 heavy (non-hydrogen) atoms. The van der Waals surface area contributed by atoms with Gasteiger partial charge in [-0.3, -0.25) is 4.74 Å². The average molecular weight is 366 g/mol. The maximum Gasteiger partial charge on any atom is 0.436 e. The van der Waals surface area contributed by atoms with Crippen molar-refractivity contribution in [3.05, 3.63) is 11.9 Å². The first kappa shape index (κ1) is 20.7. The van der Waals surface area contributed by atoms with Gasteiger partial charge >= 0.3 is 36.3 Å². The minimum absolute atomic E-state index is 1.52. The van der Waals surface area contributed by atoms with E-state index in [4.69, 9.17) is 0 Å². The maximum absolute atomic E-state index is 12.5. The number of hydrogen-bond donors (Lipinski definition) is 0. The van der Waals surface area contributed by atoms with Gasteiger partial charge in [0, 0.05) is 0 Å². The number of hydrogen-bond acceptors (Lipinski definition) is 1. The molecule has 0 aliphatic heterocycles. The molecule has 0 aliphatic carbocycles. The lowest BCUT2D eigenvalue weighted by molar-refractivity contribution is -0.495. The molecular weight excluding hydrogens is 366 g/mol. The average Bonchev–Trinajstić information content (AvgIpc) is 2.19. The molecule has 0 aromatic carbocycles. The lowest BCUT2D eigenvalue weighted by atomic mass is 10.0. The van der Waals surface area contributed by atoms with Crippen molar-refractivity contribution >= 4 is 0 Å². The standard InChI is InChI=1S/C7F14O/c8-1(2(9)10)3(11,12)22-4(5(13,14)15,6(16,17)18)7(19,20)21. The van der Waals surface area contributed by atoms with Crippen LogP contribution in [-0.2, 0) is 4.74 Å². The van der Waals surface area contributed by atoms with E-state index in [1.165, 1.54) is 4.74 Å². The first-order valence-electron chi connectivity index (χ1n) is 4.30. The van der Waals surface area contributed by atoms with Crippen LogP contribution in [0.1, 0.15) is 0 Å². The monoisotopic (exact) mass is 366 g/mol. The van der Waals surface area contributed by atoms with E-state index in [9.17, 15) is 61.5 Å². The first-order valence-corrected chi connectivity index (χ1v) is 4.30. The third-order valence-electron chi connectivity index (χ3n) is 1.90. The zero-order valence-electron chi connectivity index (χ0n) is 9.20. The summed E-state index contributed by atoms with van der Waals surface area (Å²) >= 11 is 0. The molecule has 0 bridgehead atoms. The van der Waals surface area contributed by atoms with Crippen LogP contribution in [0.4, 0.5) is 61.5 Å². The molecule has 0 N–H and O–H groups in total. The SMILES string of the molecule is FC(F)=C(F)C(F)(F)OC(C(F)(F)F)(C(F)(F)F)C(F)(F)F. The zero-order valence-corrected chi connectivity index (χ0v) is 9.20. The molecular formula is C7F14O. The Morgan fingerprint density at radius 3 is 1.00 bits per heavy atom. The van der Waals surface area contributed by atoms with Gasteiger partial charge in [0.05, 0.1) is 0 Å². The Balaban J connectivity index is 6.44. The van der Waals surface area contributed by atoms with Crippen LogP contribution in [-0.4, -0.2) is 30.2 Å².